The molecule has 0 saturated heterocycles. The Hall–Kier alpha value is -3.64. The summed E-state index contributed by atoms with van der Waals surface area (Å²) in [6.07, 6.45) is -3.14. The van der Waals surface area contributed by atoms with Gasteiger partial charge in [0.05, 0.1) is 28.5 Å². The lowest BCUT2D eigenvalue weighted by molar-refractivity contribution is -0.137. The van der Waals surface area contributed by atoms with E-state index in [0.717, 1.165) is 11.8 Å². The number of rotatable bonds is 6. The maximum Gasteiger partial charge on any atom is 0.419 e. The predicted molar refractivity (Wildman–Crippen MR) is 135 cm³/mol. The zero-order valence-corrected chi connectivity index (χ0v) is 21.1. The average Bonchev–Trinajstić information content (AvgIpc) is 3.24. The largest absolute Gasteiger partial charge is 0.453 e. The highest BCUT2D eigenvalue weighted by Gasteiger charge is 2.36. The molecule has 12 heteroatoms. The first-order valence-corrected chi connectivity index (χ1v) is 11.5. The van der Waals surface area contributed by atoms with Gasteiger partial charge in [-0.3, -0.25) is 5.32 Å². The number of nitrogens with zero attached hydrogens (tertiary/aromatic N) is 3. The summed E-state index contributed by atoms with van der Waals surface area (Å²) in [4.78, 5) is 24.7. The van der Waals surface area contributed by atoms with E-state index in [-0.39, 0.29) is 17.2 Å². The first-order valence-electron chi connectivity index (χ1n) is 10.7. The molecule has 4 rings (SSSR count). The van der Waals surface area contributed by atoms with E-state index in [0.29, 0.717) is 33.3 Å². The van der Waals surface area contributed by atoms with E-state index in [2.05, 4.69) is 46.3 Å². The number of hydrogen-bond acceptors (Lipinski definition) is 6. The molecular formula is C24H22BrF3N6O2. The van der Waals surface area contributed by atoms with Crippen molar-refractivity contribution < 1.29 is 22.7 Å². The molecule has 8 nitrogen and oxygen atoms in total. The monoisotopic (exact) mass is 562 g/mol. The summed E-state index contributed by atoms with van der Waals surface area (Å²) < 4.78 is 46.8. The molecule has 0 aliphatic heterocycles. The summed E-state index contributed by atoms with van der Waals surface area (Å²) in [5.41, 5.74) is 1.53. The van der Waals surface area contributed by atoms with Crippen molar-refractivity contribution in [1.82, 2.24) is 19.9 Å². The number of aromatic nitrogens is 3. The third-order valence-corrected chi connectivity index (χ3v) is 6.07. The van der Waals surface area contributed by atoms with Gasteiger partial charge in [0.15, 0.2) is 0 Å². The minimum Gasteiger partial charge on any atom is -0.453 e. The fourth-order valence-electron chi connectivity index (χ4n) is 3.71. The Labute approximate surface area is 213 Å². The highest BCUT2D eigenvalue weighted by atomic mass is 79.9. The third-order valence-electron chi connectivity index (χ3n) is 5.25. The molecule has 0 atom stereocenters. The normalized spacial score (nSPS) is 11.7. The number of ether oxygens (including phenoxy) is 1. The molecule has 2 aromatic heterocycles. The van der Waals surface area contributed by atoms with Gasteiger partial charge < -0.3 is 19.9 Å². The summed E-state index contributed by atoms with van der Waals surface area (Å²) in [5.74, 6) is 0.0254. The Bertz CT molecular complexity index is 1420. The quantitative estimate of drug-likeness (QED) is 0.252. The van der Waals surface area contributed by atoms with E-state index in [9.17, 15) is 18.0 Å². The standard InChI is InChI=1S/C24H22BrF3N6O2/c1-34(2)12-13-5-4-6-14(9-13)31-22-30-11-17(24(26,27)28)20(33-22)16-10-29-21-15(16)7-8-18(19(21)25)32-23(35)36-3/h4-11,29H,12H2,1-3H3,(H,32,35)(H,30,31,33). The Kier molecular flexibility index (Phi) is 7.18. The van der Waals surface area contributed by atoms with Gasteiger partial charge in [-0.25, -0.2) is 14.8 Å². The number of nitrogens with one attached hydrogen (secondary N) is 3. The van der Waals surface area contributed by atoms with E-state index in [1.807, 2.05) is 37.2 Å². The minimum atomic E-state index is -4.67. The van der Waals surface area contributed by atoms with Gasteiger partial charge in [0.25, 0.3) is 0 Å². The Morgan fingerprint density at radius 3 is 2.69 bits per heavy atom. The van der Waals surface area contributed by atoms with Crippen LogP contribution < -0.4 is 10.6 Å². The third kappa shape index (κ3) is 5.44. The molecule has 0 unspecified atom stereocenters. The molecule has 0 aliphatic rings. The van der Waals surface area contributed by atoms with Crippen molar-refractivity contribution in [1.29, 1.82) is 0 Å². The molecule has 0 saturated carbocycles. The van der Waals surface area contributed by atoms with Crippen LogP contribution in [0.2, 0.25) is 0 Å². The van der Waals surface area contributed by atoms with Crippen molar-refractivity contribution in [2.24, 2.45) is 0 Å². The number of hydrogen-bond donors (Lipinski definition) is 3. The SMILES string of the molecule is COC(=O)Nc1ccc2c(-c3nc(Nc4cccc(CN(C)C)c4)ncc3C(F)(F)F)c[nH]c2c1Br. The molecule has 3 N–H and O–H groups in total. The summed E-state index contributed by atoms with van der Waals surface area (Å²) in [5, 5.41) is 6.02. The van der Waals surface area contributed by atoms with Crippen molar-refractivity contribution in [2.75, 3.05) is 31.8 Å². The van der Waals surface area contributed by atoms with Crippen LogP contribution in [0.15, 0.2) is 53.3 Å². The number of methoxy groups -OCH3 is 1. The van der Waals surface area contributed by atoms with Crippen LogP contribution in [0.1, 0.15) is 11.1 Å². The lowest BCUT2D eigenvalue weighted by atomic mass is 10.1. The van der Waals surface area contributed by atoms with Gasteiger partial charge in [0.1, 0.15) is 5.56 Å². The van der Waals surface area contributed by atoms with Crippen LogP contribution in [0, 0.1) is 0 Å². The zero-order valence-electron chi connectivity index (χ0n) is 19.5. The molecule has 0 radical (unpaired) electrons. The number of halogens is 4. The highest BCUT2D eigenvalue weighted by molar-refractivity contribution is 9.10. The first-order chi connectivity index (χ1) is 17.1. The number of carbonyl (C=O) groups is 1. The van der Waals surface area contributed by atoms with Crippen LogP contribution >= 0.6 is 15.9 Å². The van der Waals surface area contributed by atoms with Gasteiger partial charge in [0.2, 0.25) is 5.95 Å². The first kappa shape index (κ1) is 25.5. The second kappa shape index (κ2) is 10.2. The minimum absolute atomic E-state index is 0.0254. The van der Waals surface area contributed by atoms with Gasteiger partial charge >= 0.3 is 12.3 Å². The number of carbonyl (C=O) groups excluding carboxylic acids is 1. The molecule has 0 bridgehead atoms. The lowest BCUT2D eigenvalue weighted by Crippen LogP contribution is -2.12. The highest BCUT2D eigenvalue weighted by Crippen LogP contribution is 2.41. The molecule has 0 fully saturated rings. The summed E-state index contributed by atoms with van der Waals surface area (Å²) in [6.45, 7) is 0.700. The topological polar surface area (TPSA) is 95.2 Å². The summed E-state index contributed by atoms with van der Waals surface area (Å²) >= 11 is 3.39. The van der Waals surface area contributed by atoms with E-state index >= 15 is 0 Å². The van der Waals surface area contributed by atoms with E-state index < -0.39 is 17.8 Å². The second-order valence-electron chi connectivity index (χ2n) is 8.19. The van der Waals surface area contributed by atoms with Crippen molar-refractivity contribution in [3.8, 4) is 11.3 Å². The van der Waals surface area contributed by atoms with Gasteiger partial charge in [0, 0.05) is 35.6 Å². The number of benzene rings is 2. The molecule has 0 spiro atoms. The molecule has 1 amide bonds. The molecule has 2 heterocycles. The van der Waals surface area contributed by atoms with Crippen molar-refractivity contribution in [2.45, 2.75) is 12.7 Å². The van der Waals surface area contributed by atoms with Crippen LogP contribution in [-0.2, 0) is 17.5 Å². The molecular weight excluding hydrogens is 541 g/mol. The van der Waals surface area contributed by atoms with Crippen molar-refractivity contribution in [3.05, 3.63) is 64.4 Å². The smallest absolute Gasteiger partial charge is 0.419 e. The fourth-order valence-corrected chi connectivity index (χ4v) is 4.27. The summed E-state index contributed by atoms with van der Waals surface area (Å²) in [7, 11) is 5.12. The molecule has 0 aliphatic carbocycles. The van der Waals surface area contributed by atoms with Gasteiger partial charge in [-0.1, -0.05) is 18.2 Å². The van der Waals surface area contributed by atoms with Crippen LogP contribution in [0.3, 0.4) is 0 Å². The Morgan fingerprint density at radius 2 is 2.00 bits per heavy atom. The number of alkyl halides is 3. The molecule has 36 heavy (non-hydrogen) atoms. The van der Waals surface area contributed by atoms with Crippen molar-refractivity contribution >= 4 is 50.2 Å². The number of amides is 1. The van der Waals surface area contributed by atoms with Gasteiger partial charge in [-0.05, 0) is 53.8 Å². The number of H-pyrrole nitrogens is 1. The Morgan fingerprint density at radius 1 is 1.22 bits per heavy atom. The zero-order chi connectivity index (χ0) is 26.0. The van der Waals surface area contributed by atoms with Gasteiger partial charge in [-0.15, -0.1) is 0 Å². The fraction of sp³-hybridized carbons (Fsp3) is 0.208. The van der Waals surface area contributed by atoms with E-state index in [1.54, 1.807) is 18.2 Å². The van der Waals surface area contributed by atoms with E-state index in [1.165, 1.54) is 13.3 Å². The maximum absolute atomic E-state index is 13.9. The van der Waals surface area contributed by atoms with Crippen LogP contribution in [0.5, 0.6) is 0 Å². The number of aromatic amines is 1. The predicted octanol–water partition coefficient (Wildman–Crippen LogP) is 6.39. The number of fused-ring (bicyclic) bond motifs is 1. The molecule has 188 valence electrons. The maximum atomic E-state index is 13.9. The number of anilines is 3. The Balaban J connectivity index is 1.77. The van der Waals surface area contributed by atoms with E-state index in [4.69, 9.17) is 0 Å². The van der Waals surface area contributed by atoms with Gasteiger partial charge in [-0.2, -0.15) is 13.2 Å². The average molecular weight is 563 g/mol. The molecule has 2 aromatic carbocycles. The van der Waals surface area contributed by atoms with Crippen LogP contribution in [-0.4, -0.2) is 47.2 Å². The lowest BCUT2D eigenvalue weighted by Gasteiger charge is -2.14. The molecule has 4 aromatic rings. The van der Waals surface area contributed by atoms with Crippen molar-refractivity contribution in [3.63, 3.8) is 0 Å². The van der Waals surface area contributed by atoms with Crippen LogP contribution in [0.25, 0.3) is 22.2 Å². The summed E-state index contributed by atoms with van der Waals surface area (Å²) in [6, 6.07) is 10.6. The second-order valence-corrected chi connectivity index (χ2v) is 8.98. The van der Waals surface area contributed by atoms with Crippen LogP contribution in [0.4, 0.5) is 35.3 Å².